The van der Waals surface area contributed by atoms with Crippen molar-refractivity contribution in [1.29, 1.82) is 0 Å². The van der Waals surface area contributed by atoms with Crippen LogP contribution in [0.1, 0.15) is 10.6 Å². The van der Waals surface area contributed by atoms with Gasteiger partial charge in [0.2, 0.25) is 0 Å². The van der Waals surface area contributed by atoms with E-state index < -0.39 is 5.82 Å². The second kappa shape index (κ2) is 6.65. The van der Waals surface area contributed by atoms with Crippen molar-refractivity contribution in [2.75, 3.05) is 5.32 Å². The normalized spacial score (nSPS) is 10.8. The summed E-state index contributed by atoms with van der Waals surface area (Å²) in [5.41, 5.74) is 1.28. The van der Waals surface area contributed by atoms with Gasteiger partial charge < -0.3 is 9.73 Å². The number of hydrogen-bond donors (Lipinski definition) is 1. The van der Waals surface area contributed by atoms with E-state index in [9.17, 15) is 9.18 Å². The molecule has 1 aromatic heterocycles. The zero-order chi connectivity index (χ0) is 18.1. The molecule has 4 aromatic rings. The Labute approximate surface area is 154 Å². The van der Waals surface area contributed by atoms with Crippen molar-refractivity contribution in [3.05, 3.63) is 89.4 Å². The van der Waals surface area contributed by atoms with Crippen LogP contribution in [0.15, 0.2) is 77.2 Å². The first kappa shape index (κ1) is 16.4. The van der Waals surface area contributed by atoms with Gasteiger partial charge in [-0.05, 0) is 53.2 Å². The van der Waals surface area contributed by atoms with E-state index in [0.717, 1.165) is 10.8 Å². The standard InChI is InChI=1S/C21H13ClFNO2/c22-17-12-15(6-8-18(17)23)19-9-10-20(26-19)21(25)24-16-7-5-13-3-1-2-4-14(13)11-16/h1-12H,(H,24,25). The molecule has 0 aliphatic carbocycles. The molecule has 4 rings (SSSR count). The maximum Gasteiger partial charge on any atom is 0.291 e. The molecule has 26 heavy (non-hydrogen) atoms. The summed E-state index contributed by atoms with van der Waals surface area (Å²) in [5, 5.41) is 4.95. The number of hydrogen-bond acceptors (Lipinski definition) is 2. The van der Waals surface area contributed by atoms with Gasteiger partial charge in [-0.3, -0.25) is 4.79 Å². The maximum atomic E-state index is 13.3. The number of carbonyl (C=O) groups excluding carboxylic acids is 1. The molecule has 128 valence electrons. The molecule has 1 N–H and O–H groups in total. The fraction of sp³-hybridized carbons (Fsp3) is 0. The molecular weight excluding hydrogens is 353 g/mol. The van der Waals surface area contributed by atoms with Gasteiger partial charge in [-0.25, -0.2) is 4.39 Å². The number of carbonyl (C=O) groups is 1. The fourth-order valence-electron chi connectivity index (χ4n) is 2.72. The van der Waals surface area contributed by atoms with E-state index >= 15 is 0 Å². The first-order valence-corrected chi connectivity index (χ1v) is 8.33. The minimum absolute atomic E-state index is 0.000986. The van der Waals surface area contributed by atoms with Gasteiger partial charge in [0.05, 0.1) is 5.02 Å². The number of furan rings is 1. The Morgan fingerprint density at radius 3 is 2.54 bits per heavy atom. The smallest absolute Gasteiger partial charge is 0.291 e. The Morgan fingerprint density at radius 2 is 1.73 bits per heavy atom. The Balaban J connectivity index is 1.56. The van der Waals surface area contributed by atoms with E-state index in [1.165, 1.54) is 12.1 Å². The monoisotopic (exact) mass is 365 g/mol. The molecule has 0 saturated carbocycles. The van der Waals surface area contributed by atoms with Gasteiger partial charge in [-0.2, -0.15) is 0 Å². The molecule has 0 spiro atoms. The van der Waals surface area contributed by atoms with Crippen LogP contribution in [0.25, 0.3) is 22.1 Å². The lowest BCUT2D eigenvalue weighted by Crippen LogP contribution is -2.10. The molecule has 1 amide bonds. The van der Waals surface area contributed by atoms with Crippen molar-refractivity contribution < 1.29 is 13.6 Å². The van der Waals surface area contributed by atoms with Crippen LogP contribution >= 0.6 is 11.6 Å². The quantitative estimate of drug-likeness (QED) is 0.473. The predicted molar refractivity (Wildman–Crippen MR) is 101 cm³/mol. The van der Waals surface area contributed by atoms with E-state index in [2.05, 4.69) is 5.32 Å². The Morgan fingerprint density at radius 1 is 0.923 bits per heavy atom. The number of fused-ring (bicyclic) bond motifs is 1. The highest BCUT2D eigenvalue weighted by molar-refractivity contribution is 6.31. The van der Waals surface area contributed by atoms with Gasteiger partial charge in [0.25, 0.3) is 5.91 Å². The number of nitrogens with one attached hydrogen (secondary N) is 1. The SMILES string of the molecule is O=C(Nc1ccc2ccccc2c1)c1ccc(-c2ccc(F)c(Cl)c2)o1. The highest BCUT2D eigenvalue weighted by atomic mass is 35.5. The predicted octanol–water partition coefficient (Wildman–Crippen LogP) is 6.14. The van der Waals surface area contributed by atoms with Crippen molar-refractivity contribution in [3.63, 3.8) is 0 Å². The average molecular weight is 366 g/mol. The summed E-state index contributed by atoms with van der Waals surface area (Å²) in [5.74, 6) is -0.264. The van der Waals surface area contributed by atoms with Crippen LogP contribution in [0, 0.1) is 5.82 Å². The average Bonchev–Trinajstić information content (AvgIpc) is 3.14. The molecule has 0 bridgehead atoms. The minimum Gasteiger partial charge on any atom is -0.451 e. The summed E-state index contributed by atoms with van der Waals surface area (Å²) in [6.45, 7) is 0. The molecular formula is C21H13ClFNO2. The second-order valence-electron chi connectivity index (χ2n) is 5.81. The Hall–Kier alpha value is -3.11. The van der Waals surface area contributed by atoms with E-state index in [0.29, 0.717) is 17.0 Å². The van der Waals surface area contributed by atoms with E-state index in [1.807, 2.05) is 42.5 Å². The summed E-state index contributed by atoms with van der Waals surface area (Å²) in [4.78, 5) is 12.4. The van der Waals surface area contributed by atoms with Crippen molar-refractivity contribution in [1.82, 2.24) is 0 Å². The molecule has 3 nitrogen and oxygen atoms in total. The molecule has 0 atom stereocenters. The maximum absolute atomic E-state index is 13.3. The summed E-state index contributed by atoms with van der Waals surface area (Å²) in [6, 6.07) is 21.1. The van der Waals surface area contributed by atoms with Crippen LogP contribution in [-0.2, 0) is 0 Å². The first-order chi connectivity index (χ1) is 12.6. The topological polar surface area (TPSA) is 42.2 Å². The minimum atomic E-state index is -0.503. The molecule has 0 saturated heterocycles. The number of halogens is 2. The van der Waals surface area contributed by atoms with Crippen molar-refractivity contribution in [3.8, 4) is 11.3 Å². The number of amides is 1. The van der Waals surface area contributed by atoms with Crippen molar-refractivity contribution in [2.45, 2.75) is 0 Å². The molecule has 1 heterocycles. The third-order valence-electron chi connectivity index (χ3n) is 4.04. The number of rotatable bonds is 3. The van der Waals surface area contributed by atoms with Gasteiger partial charge in [0, 0.05) is 11.3 Å². The van der Waals surface area contributed by atoms with Gasteiger partial charge in [-0.1, -0.05) is 41.9 Å². The first-order valence-electron chi connectivity index (χ1n) is 7.95. The highest BCUT2D eigenvalue weighted by Gasteiger charge is 2.13. The summed E-state index contributed by atoms with van der Waals surface area (Å²) < 4.78 is 18.9. The van der Waals surface area contributed by atoms with Gasteiger partial charge >= 0.3 is 0 Å². The summed E-state index contributed by atoms with van der Waals surface area (Å²) in [7, 11) is 0. The lowest BCUT2D eigenvalue weighted by atomic mass is 10.1. The molecule has 3 aromatic carbocycles. The third-order valence-corrected chi connectivity index (χ3v) is 4.33. The highest BCUT2D eigenvalue weighted by Crippen LogP contribution is 2.27. The third kappa shape index (κ3) is 3.19. The molecule has 0 radical (unpaired) electrons. The zero-order valence-electron chi connectivity index (χ0n) is 13.5. The van der Waals surface area contributed by atoms with Crippen LogP contribution in [0.3, 0.4) is 0 Å². The summed E-state index contributed by atoms with van der Waals surface area (Å²) >= 11 is 5.79. The Kier molecular flexibility index (Phi) is 4.19. The fourth-order valence-corrected chi connectivity index (χ4v) is 2.90. The van der Waals surface area contributed by atoms with Gasteiger partial charge in [0.15, 0.2) is 5.76 Å². The van der Waals surface area contributed by atoms with Gasteiger partial charge in [-0.15, -0.1) is 0 Å². The lowest BCUT2D eigenvalue weighted by molar-refractivity contribution is 0.0997. The van der Waals surface area contributed by atoms with Crippen LogP contribution < -0.4 is 5.32 Å². The largest absolute Gasteiger partial charge is 0.451 e. The number of anilines is 1. The Bertz CT molecular complexity index is 1120. The molecule has 5 heteroatoms. The molecule has 0 aliphatic heterocycles. The molecule has 0 fully saturated rings. The zero-order valence-corrected chi connectivity index (χ0v) is 14.3. The second-order valence-corrected chi connectivity index (χ2v) is 6.22. The van der Waals surface area contributed by atoms with Crippen LogP contribution in [0.5, 0.6) is 0 Å². The van der Waals surface area contributed by atoms with E-state index in [-0.39, 0.29) is 16.7 Å². The number of benzene rings is 3. The van der Waals surface area contributed by atoms with E-state index in [4.69, 9.17) is 16.0 Å². The molecule has 0 aliphatic rings. The van der Waals surface area contributed by atoms with Gasteiger partial charge in [0.1, 0.15) is 11.6 Å². The van der Waals surface area contributed by atoms with Crippen LogP contribution in [0.4, 0.5) is 10.1 Å². The summed E-state index contributed by atoms with van der Waals surface area (Å²) in [6.07, 6.45) is 0. The van der Waals surface area contributed by atoms with E-state index in [1.54, 1.807) is 18.2 Å². The van der Waals surface area contributed by atoms with Crippen molar-refractivity contribution >= 4 is 34.0 Å². The lowest BCUT2D eigenvalue weighted by Gasteiger charge is -2.05. The van der Waals surface area contributed by atoms with Crippen molar-refractivity contribution in [2.24, 2.45) is 0 Å². The van der Waals surface area contributed by atoms with Crippen LogP contribution in [-0.4, -0.2) is 5.91 Å². The van der Waals surface area contributed by atoms with Crippen LogP contribution in [0.2, 0.25) is 5.02 Å². The molecule has 0 unspecified atom stereocenters.